The molecule has 188 valence electrons. The van der Waals surface area contributed by atoms with E-state index in [1.807, 2.05) is 18.2 Å². The van der Waals surface area contributed by atoms with Gasteiger partial charge in [-0.3, -0.25) is 9.59 Å². The first-order valence-corrected chi connectivity index (χ1v) is 11.2. The van der Waals surface area contributed by atoms with Crippen LogP contribution in [0.4, 0.5) is 23.4 Å². The number of hydrogen-bond donors (Lipinski definition) is 2. The van der Waals surface area contributed by atoms with Crippen molar-refractivity contribution in [1.82, 2.24) is 20.1 Å². The van der Waals surface area contributed by atoms with E-state index in [2.05, 4.69) is 20.7 Å². The van der Waals surface area contributed by atoms with E-state index in [0.717, 1.165) is 18.2 Å². The normalized spacial score (nSPS) is 17.2. The molecular formula is C26H19F4N5O2. The van der Waals surface area contributed by atoms with Crippen LogP contribution >= 0.6 is 0 Å². The molecule has 0 saturated heterocycles. The third-order valence-corrected chi connectivity index (χ3v) is 6.12. The van der Waals surface area contributed by atoms with Crippen LogP contribution in [0, 0.1) is 12.9 Å². The lowest BCUT2D eigenvalue weighted by atomic mass is 9.82. The molecule has 5 rings (SSSR count). The lowest BCUT2D eigenvalue weighted by Crippen LogP contribution is -2.50. The Hall–Kier alpha value is -4.54. The Morgan fingerprint density at radius 2 is 1.81 bits per heavy atom. The monoisotopic (exact) mass is 509 g/mol. The molecule has 0 saturated carbocycles. The standard InChI is InChI=1S/C26H19F4N5O2/c1-14-20-21(16-10-11-19(27)31-13-16)22(32-24(36)15-6-5-7-17(12-15)26(28,29)30)25(37)33-23(20)35(34-14)18-8-3-2-4-9-18/h2-13,21-22H,1H3,(H,32,36)(H,33,37). The number of carbonyl (C=O) groups is 2. The number of pyridine rings is 1. The number of benzene rings is 2. The van der Waals surface area contributed by atoms with Crippen molar-refractivity contribution in [2.45, 2.75) is 25.1 Å². The number of para-hydroxylation sites is 1. The number of rotatable bonds is 4. The van der Waals surface area contributed by atoms with E-state index in [-0.39, 0.29) is 5.56 Å². The molecule has 1 aliphatic rings. The van der Waals surface area contributed by atoms with E-state index >= 15 is 0 Å². The highest BCUT2D eigenvalue weighted by atomic mass is 19.4. The second-order valence-electron chi connectivity index (χ2n) is 8.51. The summed E-state index contributed by atoms with van der Waals surface area (Å²) in [6.07, 6.45) is -3.38. The van der Waals surface area contributed by atoms with E-state index in [1.54, 1.807) is 23.7 Å². The van der Waals surface area contributed by atoms with Gasteiger partial charge in [-0.1, -0.05) is 30.3 Å². The van der Waals surface area contributed by atoms with Gasteiger partial charge in [0.05, 0.1) is 16.9 Å². The number of carbonyl (C=O) groups excluding carboxylic acids is 2. The number of fused-ring (bicyclic) bond motifs is 1. The minimum Gasteiger partial charge on any atom is -0.339 e. The summed E-state index contributed by atoms with van der Waals surface area (Å²) < 4.78 is 54.7. The third-order valence-electron chi connectivity index (χ3n) is 6.12. The van der Waals surface area contributed by atoms with Crippen LogP contribution in [0.5, 0.6) is 0 Å². The molecule has 0 bridgehead atoms. The molecule has 37 heavy (non-hydrogen) atoms. The van der Waals surface area contributed by atoms with E-state index in [9.17, 15) is 27.2 Å². The van der Waals surface area contributed by atoms with Crippen LogP contribution in [0.25, 0.3) is 5.69 Å². The van der Waals surface area contributed by atoms with E-state index in [1.165, 1.54) is 18.3 Å². The topological polar surface area (TPSA) is 88.9 Å². The smallest absolute Gasteiger partial charge is 0.339 e. The Morgan fingerprint density at radius 3 is 2.49 bits per heavy atom. The summed E-state index contributed by atoms with van der Waals surface area (Å²) in [6.45, 7) is 1.73. The SMILES string of the molecule is Cc1nn(-c2ccccc2)c2c1C(c1ccc(F)nc1)C(NC(=O)c1cccc(C(F)(F)F)c1)C(=O)N2. The van der Waals surface area contributed by atoms with Gasteiger partial charge in [0.25, 0.3) is 5.91 Å². The molecule has 1 aliphatic heterocycles. The maximum atomic E-state index is 13.6. The maximum absolute atomic E-state index is 13.6. The van der Waals surface area contributed by atoms with Gasteiger partial charge in [-0.05, 0) is 48.9 Å². The summed E-state index contributed by atoms with van der Waals surface area (Å²) in [6, 6.07) is 14.3. The Labute approximate surface area is 208 Å². The summed E-state index contributed by atoms with van der Waals surface area (Å²) in [5.74, 6) is -2.69. The molecule has 7 nitrogen and oxygen atoms in total. The van der Waals surface area contributed by atoms with Gasteiger partial charge in [0, 0.05) is 23.2 Å². The number of anilines is 1. The van der Waals surface area contributed by atoms with Crippen LogP contribution < -0.4 is 10.6 Å². The molecule has 0 spiro atoms. The van der Waals surface area contributed by atoms with Crippen molar-refractivity contribution < 1.29 is 27.2 Å². The van der Waals surface area contributed by atoms with Gasteiger partial charge in [-0.15, -0.1) is 0 Å². The quantitative estimate of drug-likeness (QED) is 0.311. The van der Waals surface area contributed by atoms with Crippen molar-refractivity contribution in [3.05, 3.63) is 107 Å². The first kappa shape index (κ1) is 24.2. The van der Waals surface area contributed by atoms with Crippen LogP contribution in [0.1, 0.15) is 38.7 Å². The Kier molecular flexibility index (Phi) is 5.98. The van der Waals surface area contributed by atoms with Gasteiger partial charge >= 0.3 is 6.18 Å². The predicted molar refractivity (Wildman–Crippen MR) is 126 cm³/mol. The molecule has 0 radical (unpaired) electrons. The fourth-order valence-corrected chi connectivity index (χ4v) is 4.44. The number of aryl methyl sites for hydroxylation is 1. The number of aromatic nitrogens is 3. The molecule has 0 aliphatic carbocycles. The van der Waals surface area contributed by atoms with Crippen molar-refractivity contribution in [3.63, 3.8) is 0 Å². The molecule has 3 heterocycles. The number of halogens is 4. The lowest BCUT2D eigenvalue weighted by Gasteiger charge is -2.32. The number of nitrogens with one attached hydrogen (secondary N) is 2. The summed E-state index contributed by atoms with van der Waals surface area (Å²) in [4.78, 5) is 30.1. The number of hydrogen-bond acceptors (Lipinski definition) is 4. The van der Waals surface area contributed by atoms with Gasteiger partial charge in [0.1, 0.15) is 11.9 Å². The van der Waals surface area contributed by atoms with Crippen molar-refractivity contribution >= 4 is 17.6 Å². The predicted octanol–water partition coefficient (Wildman–Crippen LogP) is 4.62. The Balaban J connectivity index is 1.59. The van der Waals surface area contributed by atoms with Crippen molar-refractivity contribution in [2.75, 3.05) is 5.32 Å². The van der Waals surface area contributed by atoms with Crippen LogP contribution in [0.15, 0.2) is 72.9 Å². The zero-order chi connectivity index (χ0) is 26.3. The number of amides is 2. The molecule has 0 fully saturated rings. The maximum Gasteiger partial charge on any atom is 0.416 e. The van der Waals surface area contributed by atoms with Crippen LogP contribution in [-0.2, 0) is 11.0 Å². The Bertz CT molecular complexity index is 1480. The van der Waals surface area contributed by atoms with Gasteiger partial charge in [0.2, 0.25) is 11.9 Å². The summed E-state index contributed by atoms with van der Waals surface area (Å²) in [5.41, 5.74) is 0.936. The van der Waals surface area contributed by atoms with Gasteiger partial charge in [-0.25, -0.2) is 9.67 Å². The fourth-order valence-electron chi connectivity index (χ4n) is 4.44. The highest BCUT2D eigenvalue weighted by Gasteiger charge is 2.42. The zero-order valence-electron chi connectivity index (χ0n) is 19.3. The fraction of sp³-hybridized carbons (Fsp3) is 0.154. The first-order valence-electron chi connectivity index (χ1n) is 11.2. The largest absolute Gasteiger partial charge is 0.416 e. The number of alkyl halides is 3. The van der Waals surface area contributed by atoms with Crippen molar-refractivity contribution in [2.24, 2.45) is 0 Å². The van der Waals surface area contributed by atoms with Crippen molar-refractivity contribution in [1.29, 1.82) is 0 Å². The second-order valence-corrected chi connectivity index (χ2v) is 8.51. The van der Waals surface area contributed by atoms with Gasteiger partial charge in [-0.2, -0.15) is 22.7 Å². The van der Waals surface area contributed by atoms with E-state index < -0.39 is 41.5 Å². The Morgan fingerprint density at radius 1 is 1.05 bits per heavy atom. The minimum absolute atomic E-state index is 0.263. The minimum atomic E-state index is -4.64. The number of nitrogens with zero attached hydrogens (tertiary/aromatic N) is 3. The molecule has 2 aromatic heterocycles. The summed E-state index contributed by atoms with van der Waals surface area (Å²) in [5, 5.41) is 9.91. The highest BCUT2D eigenvalue weighted by Crippen LogP contribution is 2.40. The highest BCUT2D eigenvalue weighted by molar-refractivity contribution is 6.04. The first-order chi connectivity index (χ1) is 17.6. The molecule has 2 N–H and O–H groups in total. The van der Waals surface area contributed by atoms with Crippen molar-refractivity contribution in [3.8, 4) is 5.69 Å². The molecule has 2 atom stereocenters. The van der Waals surface area contributed by atoms with E-state index in [4.69, 9.17) is 0 Å². The summed E-state index contributed by atoms with van der Waals surface area (Å²) >= 11 is 0. The van der Waals surface area contributed by atoms with Gasteiger partial charge in [0.15, 0.2) is 0 Å². The van der Waals surface area contributed by atoms with Gasteiger partial charge < -0.3 is 10.6 Å². The lowest BCUT2D eigenvalue weighted by molar-refractivity contribution is -0.137. The van der Waals surface area contributed by atoms with Crippen LogP contribution in [0.2, 0.25) is 0 Å². The second kappa shape index (κ2) is 9.16. The third kappa shape index (κ3) is 4.55. The van der Waals surface area contributed by atoms with E-state index in [0.29, 0.717) is 34.4 Å². The molecular weight excluding hydrogens is 490 g/mol. The molecule has 2 unspecified atom stereocenters. The molecule has 4 aromatic rings. The summed E-state index contributed by atoms with van der Waals surface area (Å²) in [7, 11) is 0. The molecule has 2 aromatic carbocycles. The molecule has 2 amide bonds. The average molecular weight is 509 g/mol. The average Bonchev–Trinajstić information content (AvgIpc) is 3.20. The van der Waals surface area contributed by atoms with Crippen LogP contribution in [-0.4, -0.2) is 32.6 Å². The zero-order valence-corrected chi connectivity index (χ0v) is 19.3. The van der Waals surface area contributed by atoms with Crippen LogP contribution in [0.3, 0.4) is 0 Å². The molecule has 11 heteroatoms.